The molecule has 0 aliphatic carbocycles. The van der Waals surface area contributed by atoms with Crippen LogP contribution < -0.4 is 5.32 Å². The molecule has 1 N–H and O–H groups in total. The third-order valence-corrected chi connectivity index (χ3v) is 4.19. The summed E-state index contributed by atoms with van der Waals surface area (Å²) in [5.41, 5.74) is 1.23. The van der Waals surface area contributed by atoms with Crippen LogP contribution in [-0.4, -0.2) is 35.6 Å². The van der Waals surface area contributed by atoms with Crippen LogP contribution in [0.3, 0.4) is 0 Å². The molecule has 4 heteroatoms. The Morgan fingerprint density at radius 2 is 2.41 bits per heavy atom. The highest BCUT2D eigenvalue weighted by Crippen LogP contribution is 2.14. The summed E-state index contributed by atoms with van der Waals surface area (Å²) in [4.78, 5) is 7.10. The second-order valence-corrected chi connectivity index (χ2v) is 6.31. The number of hydrogen-bond acceptors (Lipinski definition) is 4. The van der Waals surface area contributed by atoms with E-state index in [1.807, 2.05) is 0 Å². The summed E-state index contributed by atoms with van der Waals surface area (Å²) in [6, 6.07) is 0.622. The Hall–Kier alpha value is -0.450. The van der Waals surface area contributed by atoms with E-state index in [0.717, 1.165) is 19.6 Å². The van der Waals surface area contributed by atoms with Gasteiger partial charge in [0.25, 0.3) is 0 Å². The second kappa shape index (κ2) is 5.94. The molecule has 1 fully saturated rings. The molecular formula is C13H23N3S. The summed E-state index contributed by atoms with van der Waals surface area (Å²) < 4.78 is 0. The molecule has 1 aliphatic rings. The van der Waals surface area contributed by atoms with Gasteiger partial charge >= 0.3 is 0 Å². The van der Waals surface area contributed by atoms with Crippen molar-refractivity contribution in [1.82, 2.24) is 15.2 Å². The summed E-state index contributed by atoms with van der Waals surface area (Å²) in [7, 11) is 0. The standard InChI is InChI=1S/C13H23N3S/c1-10(2)13-8-16(6-4-5-14-13)7-12-9-17-11(3)15-12/h9-10,13-14H,4-8H2,1-3H3. The first kappa shape index (κ1) is 13.0. The molecular weight excluding hydrogens is 230 g/mol. The van der Waals surface area contributed by atoms with Crippen LogP contribution in [-0.2, 0) is 6.54 Å². The zero-order valence-electron chi connectivity index (χ0n) is 11.1. The molecule has 0 bridgehead atoms. The third kappa shape index (κ3) is 3.76. The minimum Gasteiger partial charge on any atom is -0.312 e. The van der Waals surface area contributed by atoms with Crippen molar-refractivity contribution >= 4 is 11.3 Å². The first-order chi connectivity index (χ1) is 8.15. The van der Waals surface area contributed by atoms with Gasteiger partial charge in [0.05, 0.1) is 10.7 Å². The number of aryl methyl sites for hydroxylation is 1. The van der Waals surface area contributed by atoms with Crippen molar-refractivity contribution in [2.45, 2.75) is 39.8 Å². The first-order valence-corrected chi connectivity index (χ1v) is 7.40. The van der Waals surface area contributed by atoms with Crippen molar-refractivity contribution < 1.29 is 0 Å². The summed E-state index contributed by atoms with van der Waals surface area (Å²) in [5.74, 6) is 0.702. The molecule has 0 spiro atoms. The Labute approximate surface area is 108 Å². The van der Waals surface area contributed by atoms with Crippen molar-refractivity contribution in [3.8, 4) is 0 Å². The number of thiazole rings is 1. The molecule has 0 radical (unpaired) electrons. The van der Waals surface area contributed by atoms with E-state index < -0.39 is 0 Å². The lowest BCUT2D eigenvalue weighted by Gasteiger charge is -2.26. The molecule has 1 aliphatic heterocycles. The zero-order valence-corrected chi connectivity index (χ0v) is 11.9. The molecule has 1 atom stereocenters. The largest absolute Gasteiger partial charge is 0.312 e. The van der Waals surface area contributed by atoms with Gasteiger partial charge in [-0.1, -0.05) is 13.8 Å². The van der Waals surface area contributed by atoms with Crippen molar-refractivity contribution in [1.29, 1.82) is 0 Å². The number of hydrogen-bond donors (Lipinski definition) is 1. The number of rotatable bonds is 3. The summed E-state index contributed by atoms with van der Waals surface area (Å²) >= 11 is 1.75. The Balaban J connectivity index is 1.94. The van der Waals surface area contributed by atoms with Gasteiger partial charge in [-0.15, -0.1) is 11.3 Å². The maximum atomic E-state index is 4.56. The van der Waals surface area contributed by atoms with E-state index >= 15 is 0 Å². The number of nitrogens with one attached hydrogen (secondary N) is 1. The van der Waals surface area contributed by atoms with Crippen molar-refractivity contribution in [3.63, 3.8) is 0 Å². The summed E-state index contributed by atoms with van der Waals surface area (Å²) in [6.07, 6.45) is 1.24. The highest BCUT2D eigenvalue weighted by Gasteiger charge is 2.20. The maximum absolute atomic E-state index is 4.56. The van der Waals surface area contributed by atoms with Gasteiger partial charge in [0.2, 0.25) is 0 Å². The average molecular weight is 253 g/mol. The molecule has 1 aromatic rings. The van der Waals surface area contributed by atoms with Gasteiger partial charge in [-0.05, 0) is 32.4 Å². The molecule has 3 nitrogen and oxygen atoms in total. The lowest BCUT2D eigenvalue weighted by molar-refractivity contribution is 0.236. The van der Waals surface area contributed by atoms with E-state index in [1.165, 1.54) is 23.7 Å². The molecule has 1 saturated heterocycles. The smallest absolute Gasteiger partial charge is 0.0897 e. The SMILES string of the molecule is Cc1nc(CN2CCCNC(C(C)C)C2)cs1. The lowest BCUT2D eigenvalue weighted by Crippen LogP contribution is -2.41. The van der Waals surface area contributed by atoms with E-state index in [-0.39, 0.29) is 0 Å². The molecule has 17 heavy (non-hydrogen) atoms. The predicted molar refractivity (Wildman–Crippen MR) is 73.4 cm³/mol. The first-order valence-electron chi connectivity index (χ1n) is 6.52. The van der Waals surface area contributed by atoms with Crippen LogP contribution in [0, 0.1) is 12.8 Å². The Morgan fingerprint density at radius 1 is 1.59 bits per heavy atom. The van der Waals surface area contributed by atoms with Gasteiger partial charge in [-0.2, -0.15) is 0 Å². The molecule has 2 heterocycles. The molecule has 0 saturated carbocycles. The van der Waals surface area contributed by atoms with Gasteiger partial charge in [-0.3, -0.25) is 4.90 Å². The fraction of sp³-hybridized carbons (Fsp3) is 0.769. The second-order valence-electron chi connectivity index (χ2n) is 5.25. The lowest BCUT2D eigenvalue weighted by atomic mass is 10.0. The van der Waals surface area contributed by atoms with E-state index in [2.05, 4.69) is 41.4 Å². The maximum Gasteiger partial charge on any atom is 0.0897 e. The molecule has 0 amide bonds. The van der Waals surface area contributed by atoms with Crippen LogP contribution in [0.1, 0.15) is 31.0 Å². The van der Waals surface area contributed by atoms with E-state index in [4.69, 9.17) is 0 Å². The minimum atomic E-state index is 0.622. The monoisotopic (exact) mass is 253 g/mol. The average Bonchev–Trinajstić information content (AvgIpc) is 2.54. The van der Waals surface area contributed by atoms with Gasteiger partial charge < -0.3 is 5.32 Å². The normalized spacial score (nSPS) is 22.9. The highest BCUT2D eigenvalue weighted by atomic mass is 32.1. The fourth-order valence-corrected chi connectivity index (χ4v) is 2.93. The van der Waals surface area contributed by atoms with E-state index in [9.17, 15) is 0 Å². The minimum absolute atomic E-state index is 0.622. The van der Waals surface area contributed by atoms with E-state index in [0.29, 0.717) is 12.0 Å². The molecule has 1 aromatic heterocycles. The third-order valence-electron chi connectivity index (χ3n) is 3.37. The predicted octanol–water partition coefficient (Wildman–Crippen LogP) is 2.27. The van der Waals surface area contributed by atoms with Gasteiger partial charge in [-0.25, -0.2) is 4.98 Å². The molecule has 2 rings (SSSR count). The quantitative estimate of drug-likeness (QED) is 0.895. The van der Waals surface area contributed by atoms with Crippen molar-refractivity contribution in [3.05, 3.63) is 16.1 Å². The zero-order chi connectivity index (χ0) is 12.3. The van der Waals surface area contributed by atoms with Crippen LogP contribution in [0.4, 0.5) is 0 Å². The highest BCUT2D eigenvalue weighted by molar-refractivity contribution is 7.09. The van der Waals surface area contributed by atoms with Crippen LogP contribution in [0.5, 0.6) is 0 Å². The van der Waals surface area contributed by atoms with Crippen LogP contribution in [0.25, 0.3) is 0 Å². The fourth-order valence-electron chi connectivity index (χ4n) is 2.32. The van der Waals surface area contributed by atoms with Gasteiger partial charge in [0.15, 0.2) is 0 Å². The van der Waals surface area contributed by atoms with Crippen molar-refractivity contribution in [2.75, 3.05) is 19.6 Å². The number of aromatic nitrogens is 1. The Bertz CT molecular complexity index is 348. The van der Waals surface area contributed by atoms with Crippen LogP contribution in [0.2, 0.25) is 0 Å². The van der Waals surface area contributed by atoms with Crippen molar-refractivity contribution in [2.24, 2.45) is 5.92 Å². The molecule has 0 aromatic carbocycles. The summed E-state index contributed by atoms with van der Waals surface area (Å²) in [6.45, 7) is 11.2. The van der Waals surface area contributed by atoms with Gasteiger partial charge in [0.1, 0.15) is 0 Å². The van der Waals surface area contributed by atoms with E-state index in [1.54, 1.807) is 11.3 Å². The Kier molecular flexibility index (Phi) is 4.54. The summed E-state index contributed by atoms with van der Waals surface area (Å²) in [5, 5.41) is 7.01. The Morgan fingerprint density at radius 3 is 3.06 bits per heavy atom. The van der Waals surface area contributed by atoms with Gasteiger partial charge in [0, 0.05) is 24.5 Å². The number of nitrogens with zero attached hydrogens (tertiary/aromatic N) is 2. The van der Waals surface area contributed by atoms with Crippen LogP contribution in [0.15, 0.2) is 5.38 Å². The topological polar surface area (TPSA) is 28.2 Å². The molecule has 1 unspecified atom stereocenters. The van der Waals surface area contributed by atoms with Crippen LogP contribution >= 0.6 is 11.3 Å². The molecule has 96 valence electrons.